The van der Waals surface area contributed by atoms with Crippen LogP contribution in [0.2, 0.25) is 0 Å². The lowest BCUT2D eigenvalue weighted by Crippen LogP contribution is -2.43. The number of carbonyl (C=O) groups excluding carboxylic acids is 2. The van der Waals surface area contributed by atoms with E-state index in [0.717, 1.165) is 21.2 Å². The lowest BCUT2D eigenvalue weighted by Gasteiger charge is -2.19. The minimum atomic E-state index is -3.08. The Morgan fingerprint density at radius 3 is 2.85 bits per heavy atom. The zero-order chi connectivity index (χ0) is 18.9. The van der Waals surface area contributed by atoms with Crippen LogP contribution in [-0.2, 0) is 4.79 Å². The Morgan fingerprint density at radius 2 is 2.12 bits per heavy atom. The van der Waals surface area contributed by atoms with Crippen LogP contribution in [0.25, 0.3) is 10.8 Å². The molecule has 1 saturated heterocycles. The highest BCUT2D eigenvalue weighted by Gasteiger charge is 2.47. The third-order valence-corrected chi connectivity index (χ3v) is 4.42. The van der Waals surface area contributed by atoms with Crippen LogP contribution in [0.1, 0.15) is 22.3 Å². The second-order valence-electron chi connectivity index (χ2n) is 6.44. The molecule has 1 N–H and O–H groups in total. The van der Waals surface area contributed by atoms with E-state index in [1.807, 2.05) is 31.2 Å². The summed E-state index contributed by atoms with van der Waals surface area (Å²) in [5.41, 5.74) is 1.40. The van der Waals surface area contributed by atoms with Gasteiger partial charge in [-0.05, 0) is 23.8 Å². The van der Waals surface area contributed by atoms with Gasteiger partial charge in [0.25, 0.3) is 11.8 Å². The Labute approximate surface area is 149 Å². The molecule has 0 radical (unpaired) electrons. The summed E-state index contributed by atoms with van der Waals surface area (Å²) >= 11 is 0. The van der Waals surface area contributed by atoms with Crippen molar-refractivity contribution in [2.45, 2.75) is 25.3 Å². The number of rotatable bonds is 3. The molecule has 2 aromatic rings. The predicted octanol–water partition coefficient (Wildman–Crippen LogP) is 2.64. The van der Waals surface area contributed by atoms with Crippen LogP contribution in [0.3, 0.4) is 0 Å². The Balaban J connectivity index is 1.73. The van der Waals surface area contributed by atoms with Gasteiger partial charge in [0.1, 0.15) is 6.04 Å². The van der Waals surface area contributed by atoms with Crippen molar-refractivity contribution >= 4 is 22.6 Å². The molecular weight excluding hydrogens is 340 g/mol. The second kappa shape index (κ2) is 6.71. The Hall–Kier alpha value is -3.01. The Morgan fingerprint density at radius 1 is 1.35 bits per heavy atom. The zero-order valence-electron chi connectivity index (χ0n) is 14.1. The number of nitrogens with one attached hydrogen (secondary N) is 1. The minimum Gasteiger partial charge on any atom is -0.343 e. The largest absolute Gasteiger partial charge is 0.343 e. The summed E-state index contributed by atoms with van der Waals surface area (Å²) in [6, 6.07) is 11.5. The molecule has 1 aliphatic rings. The first-order valence-electron chi connectivity index (χ1n) is 8.15. The zero-order valence-corrected chi connectivity index (χ0v) is 14.1. The average molecular weight is 357 g/mol. The normalized spacial score (nSPS) is 18.5. The number of nitriles is 1. The van der Waals surface area contributed by atoms with E-state index in [2.05, 4.69) is 5.32 Å². The molecule has 0 bridgehead atoms. The smallest absolute Gasteiger partial charge is 0.268 e. The summed E-state index contributed by atoms with van der Waals surface area (Å²) in [5, 5.41) is 13.1. The van der Waals surface area contributed by atoms with Gasteiger partial charge in [-0.3, -0.25) is 9.59 Å². The summed E-state index contributed by atoms with van der Waals surface area (Å²) < 4.78 is 26.9. The summed E-state index contributed by atoms with van der Waals surface area (Å²) in [7, 11) is 0. The summed E-state index contributed by atoms with van der Waals surface area (Å²) in [4.78, 5) is 25.5. The molecule has 1 aliphatic heterocycles. The van der Waals surface area contributed by atoms with Gasteiger partial charge in [-0.25, -0.2) is 8.78 Å². The van der Waals surface area contributed by atoms with E-state index in [9.17, 15) is 18.4 Å². The van der Waals surface area contributed by atoms with Crippen molar-refractivity contribution in [1.82, 2.24) is 10.2 Å². The number of hydrogen-bond donors (Lipinski definition) is 1. The molecule has 1 fully saturated rings. The van der Waals surface area contributed by atoms with Crippen LogP contribution in [0.4, 0.5) is 8.78 Å². The third kappa shape index (κ3) is 3.49. The number of hydrogen-bond acceptors (Lipinski definition) is 3. The van der Waals surface area contributed by atoms with E-state index in [4.69, 9.17) is 5.26 Å². The monoisotopic (exact) mass is 357 g/mol. The molecule has 0 unspecified atom stereocenters. The van der Waals surface area contributed by atoms with Crippen molar-refractivity contribution < 1.29 is 18.4 Å². The molecular formula is C19H17F2N3O2. The molecule has 26 heavy (non-hydrogen) atoms. The number of likely N-dealkylation sites (tertiary alicyclic amines) is 1. The van der Waals surface area contributed by atoms with Crippen LogP contribution in [-0.4, -0.2) is 41.8 Å². The number of alkyl halides is 2. The lowest BCUT2D eigenvalue weighted by molar-refractivity contribution is -0.131. The standard InChI is InChI=1S/C19H17F2N3O2/c1-12-5-6-13-3-2-4-15(16(13)7-12)18(26)23-10-17(25)24-11-19(20,21)8-14(24)9-22/h2-7,14H,8,10-11H2,1H3,(H,23,26)/t14-/m0/s1. The number of carbonyl (C=O) groups is 2. The van der Waals surface area contributed by atoms with Crippen molar-refractivity contribution in [3.05, 3.63) is 47.5 Å². The SMILES string of the molecule is Cc1ccc2cccc(C(=O)NCC(=O)N3CC(F)(F)C[C@H]3C#N)c2c1. The summed E-state index contributed by atoms with van der Waals surface area (Å²) in [6.07, 6.45) is -0.675. The molecule has 0 saturated carbocycles. The van der Waals surface area contributed by atoms with E-state index >= 15 is 0 Å². The highest BCUT2D eigenvalue weighted by molar-refractivity contribution is 6.08. The van der Waals surface area contributed by atoms with Crippen LogP contribution < -0.4 is 5.32 Å². The molecule has 2 amide bonds. The van der Waals surface area contributed by atoms with Crippen molar-refractivity contribution in [3.8, 4) is 6.07 Å². The molecule has 3 rings (SSSR count). The van der Waals surface area contributed by atoms with Gasteiger partial charge >= 0.3 is 0 Å². The molecule has 2 aromatic carbocycles. The fourth-order valence-corrected chi connectivity index (χ4v) is 3.13. The van der Waals surface area contributed by atoms with Gasteiger partial charge in [-0.2, -0.15) is 5.26 Å². The lowest BCUT2D eigenvalue weighted by atomic mass is 10.0. The number of halogens is 2. The number of benzene rings is 2. The number of fused-ring (bicyclic) bond motifs is 1. The van der Waals surface area contributed by atoms with E-state index in [0.29, 0.717) is 5.56 Å². The quantitative estimate of drug-likeness (QED) is 0.918. The predicted molar refractivity (Wildman–Crippen MR) is 91.7 cm³/mol. The van der Waals surface area contributed by atoms with Crippen molar-refractivity contribution in [1.29, 1.82) is 5.26 Å². The molecule has 7 heteroatoms. The highest BCUT2D eigenvalue weighted by Crippen LogP contribution is 2.31. The maximum Gasteiger partial charge on any atom is 0.268 e. The molecule has 1 heterocycles. The van der Waals surface area contributed by atoms with E-state index < -0.39 is 43.3 Å². The van der Waals surface area contributed by atoms with Crippen LogP contribution in [0, 0.1) is 18.3 Å². The highest BCUT2D eigenvalue weighted by atomic mass is 19.3. The summed E-state index contributed by atoms with van der Waals surface area (Å²) in [6.45, 7) is 0.677. The van der Waals surface area contributed by atoms with Gasteiger partial charge in [0, 0.05) is 12.0 Å². The third-order valence-electron chi connectivity index (χ3n) is 4.42. The summed E-state index contributed by atoms with van der Waals surface area (Å²) in [5.74, 6) is -4.24. The van der Waals surface area contributed by atoms with E-state index in [-0.39, 0.29) is 0 Å². The van der Waals surface area contributed by atoms with Crippen LogP contribution >= 0.6 is 0 Å². The maximum atomic E-state index is 13.4. The van der Waals surface area contributed by atoms with E-state index in [1.54, 1.807) is 18.2 Å². The first-order chi connectivity index (χ1) is 12.3. The van der Waals surface area contributed by atoms with Gasteiger partial charge in [0.05, 0.1) is 19.2 Å². The number of nitrogens with zero attached hydrogens (tertiary/aromatic N) is 2. The van der Waals surface area contributed by atoms with Gasteiger partial charge in [0.15, 0.2) is 0 Å². The van der Waals surface area contributed by atoms with Crippen LogP contribution in [0.15, 0.2) is 36.4 Å². The molecule has 0 spiro atoms. The number of aryl methyl sites for hydroxylation is 1. The van der Waals surface area contributed by atoms with Crippen molar-refractivity contribution in [3.63, 3.8) is 0 Å². The molecule has 5 nitrogen and oxygen atoms in total. The minimum absolute atomic E-state index is 0.405. The first kappa shape index (κ1) is 17.8. The Kier molecular flexibility index (Phi) is 4.60. The fraction of sp³-hybridized carbons (Fsp3) is 0.316. The maximum absolute atomic E-state index is 13.4. The van der Waals surface area contributed by atoms with Gasteiger partial charge in [-0.1, -0.05) is 35.9 Å². The van der Waals surface area contributed by atoms with Crippen molar-refractivity contribution in [2.24, 2.45) is 0 Å². The molecule has 134 valence electrons. The first-order valence-corrected chi connectivity index (χ1v) is 8.15. The Bertz CT molecular complexity index is 921. The van der Waals surface area contributed by atoms with Crippen LogP contribution in [0.5, 0.6) is 0 Å². The topological polar surface area (TPSA) is 73.2 Å². The molecule has 1 atom stereocenters. The average Bonchev–Trinajstić information content (AvgIpc) is 2.93. The number of amides is 2. The fourth-order valence-electron chi connectivity index (χ4n) is 3.13. The van der Waals surface area contributed by atoms with Gasteiger partial charge in [-0.15, -0.1) is 0 Å². The van der Waals surface area contributed by atoms with Gasteiger partial charge < -0.3 is 10.2 Å². The van der Waals surface area contributed by atoms with Crippen molar-refractivity contribution in [2.75, 3.05) is 13.1 Å². The molecule has 0 aromatic heterocycles. The van der Waals surface area contributed by atoms with E-state index in [1.165, 1.54) is 0 Å². The van der Waals surface area contributed by atoms with Gasteiger partial charge in [0.2, 0.25) is 5.91 Å². The second-order valence-corrected chi connectivity index (χ2v) is 6.44. The molecule has 0 aliphatic carbocycles.